The highest BCUT2D eigenvalue weighted by Gasteiger charge is 2.10. The zero-order chi connectivity index (χ0) is 24.7. The molecule has 0 aliphatic carbocycles. The van der Waals surface area contributed by atoms with Gasteiger partial charge >= 0.3 is 0 Å². The van der Waals surface area contributed by atoms with Crippen molar-refractivity contribution in [1.82, 2.24) is 4.98 Å². The van der Waals surface area contributed by atoms with Crippen LogP contribution in [0.25, 0.3) is 22.0 Å². The molecule has 0 unspecified atom stereocenters. The van der Waals surface area contributed by atoms with Gasteiger partial charge < -0.3 is 10.6 Å². The smallest absolute Gasteiger partial charge is 0.236 e. The van der Waals surface area contributed by atoms with Crippen LogP contribution in [-0.4, -0.2) is 22.6 Å². The Balaban J connectivity index is 1.14. The number of aromatic nitrogens is 1. The van der Waals surface area contributed by atoms with E-state index >= 15 is 0 Å². The van der Waals surface area contributed by atoms with Crippen molar-refractivity contribution in [2.24, 2.45) is 0 Å². The van der Waals surface area contributed by atoms with Crippen molar-refractivity contribution >= 4 is 56.5 Å². The van der Waals surface area contributed by atoms with Gasteiger partial charge in [0.15, 0.2) is 5.13 Å². The number of nitrogens with zero attached hydrogens (tertiary/aromatic N) is 1. The Kier molecular flexibility index (Phi) is 7.40. The third-order valence-electron chi connectivity index (χ3n) is 5.49. The number of amides is 2. The third kappa shape index (κ3) is 6.19. The van der Waals surface area contributed by atoms with Crippen molar-refractivity contribution in [1.29, 1.82) is 0 Å². The van der Waals surface area contributed by atoms with E-state index in [2.05, 4.69) is 39.9 Å². The fourth-order valence-corrected chi connectivity index (χ4v) is 5.26. The number of anilines is 2. The zero-order valence-corrected chi connectivity index (χ0v) is 20.9. The van der Waals surface area contributed by atoms with E-state index in [0.717, 1.165) is 27.1 Å². The maximum Gasteiger partial charge on any atom is 0.236 e. The molecular formula is C29H23N3O2S2. The number of carbonyl (C=O) groups excluding carboxylic acids is 2. The summed E-state index contributed by atoms with van der Waals surface area (Å²) in [6.45, 7) is 0. The van der Waals surface area contributed by atoms with E-state index in [1.54, 1.807) is 0 Å². The lowest BCUT2D eigenvalue weighted by atomic mass is 10.1. The number of fused-ring (bicyclic) bond motifs is 1. The lowest BCUT2D eigenvalue weighted by Gasteiger charge is -2.08. The molecule has 36 heavy (non-hydrogen) atoms. The molecule has 2 amide bonds. The Hall–Kier alpha value is -3.94. The van der Waals surface area contributed by atoms with Crippen LogP contribution in [0.3, 0.4) is 0 Å². The van der Waals surface area contributed by atoms with Crippen molar-refractivity contribution in [3.05, 3.63) is 108 Å². The number of nitrogens with one attached hydrogen (secondary N) is 2. The Morgan fingerprint density at radius 1 is 0.778 bits per heavy atom. The minimum absolute atomic E-state index is 0.0768. The van der Waals surface area contributed by atoms with Crippen LogP contribution in [0.5, 0.6) is 0 Å². The van der Waals surface area contributed by atoms with Gasteiger partial charge in [-0.1, -0.05) is 72.8 Å². The van der Waals surface area contributed by atoms with Crippen molar-refractivity contribution in [3.63, 3.8) is 0 Å². The summed E-state index contributed by atoms with van der Waals surface area (Å²) in [4.78, 5) is 30.4. The summed E-state index contributed by atoms with van der Waals surface area (Å²) in [5.41, 5.74) is 3.53. The average Bonchev–Trinajstić information content (AvgIpc) is 3.36. The monoisotopic (exact) mass is 509 g/mol. The number of benzene rings is 4. The Bertz CT molecular complexity index is 1520. The van der Waals surface area contributed by atoms with Gasteiger partial charge in [-0.15, -0.1) is 23.1 Å². The zero-order valence-electron chi connectivity index (χ0n) is 19.3. The minimum Gasteiger partial charge on any atom is -0.326 e. The Morgan fingerprint density at radius 2 is 1.58 bits per heavy atom. The summed E-state index contributed by atoms with van der Waals surface area (Å²) in [6.07, 6.45) is 0.315. The molecule has 0 atom stereocenters. The molecule has 0 spiro atoms. The van der Waals surface area contributed by atoms with Crippen molar-refractivity contribution in [2.75, 3.05) is 16.4 Å². The number of hydrogen-bond donors (Lipinski definition) is 2. The topological polar surface area (TPSA) is 71.1 Å². The number of thioether (sulfide) groups is 1. The van der Waals surface area contributed by atoms with E-state index in [1.165, 1.54) is 28.5 Å². The summed E-state index contributed by atoms with van der Waals surface area (Å²) in [6, 6.07) is 31.6. The highest BCUT2D eigenvalue weighted by atomic mass is 32.2. The highest BCUT2D eigenvalue weighted by molar-refractivity contribution is 8.00. The molecule has 1 aromatic heterocycles. The number of carbonyl (C=O) groups is 2. The number of rotatable bonds is 8. The van der Waals surface area contributed by atoms with E-state index in [-0.39, 0.29) is 17.6 Å². The van der Waals surface area contributed by atoms with Gasteiger partial charge in [0.2, 0.25) is 11.8 Å². The second-order valence-corrected chi connectivity index (χ2v) is 10.1. The maximum atomic E-state index is 12.5. The molecule has 2 N–H and O–H groups in total. The molecule has 0 fully saturated rings. The average molecular weight is 510 g/mol. The van der Waals surface area contributed by atoms with E-state index in [4.69, 9.17) is 0 Å². The summed E-state index contributed by atoms with van der Waals surface area (Å²) in [5, 5.41) is 10.7. The predicted molar refractivity (Wildman–Crippen MR) is 150 cm³/mol. The van der Waals surface area contributed by atoms with Gasteiger partial charge in [-0.05, 0) is 40.6 Å². The van der Waals surface area contributed by atoms with E-state index < -0.39 is 0 Å². The summed E-state index contributed by atoms with van der Waals surface area (Å²) in [5.74, 6) is 0.0387. The molecule has 178 valence electrons. The van der Waals surface area contributed by atoms with Gasteiger partial charge in [0, 0.05) is 21.5 Å². The van der Waals surface area contributed by atoms with E-state index in [9.17, 15) is 9.59 Å². The Labute approximate surface area is 217 Å². The van der Waals surface area contributed by atoms with Crippen LogP contribution in [-0.2, 0) is 16.0 Å². The van der Waals surface area contributed by atoms with Gasteiger partial charge in [-0.25, -0.2) is 4.98 Å². The molecule has 5 rings (SSSR count). The van der Waals surface area contributed by atoms with Crippen LogP contribution in [0.15, 0.2) is 107 Å². The number of hydrogen-bond acceptors (Lipinski definition) is 5. The first-order chi connectivity index (χ1) is 17.6. The lowest BCUT2D eigenvalue weighted by molar-refractivity contribution is -0.115. The SMILES string of the molecule is O=C(Cc1ccccc1)Nc1cccc(SCC(=O)Nc2nc(-c3ccc4ccccc4c3)cs2)c1. The first kappa shape index (κ1) is 23.8. The molecule has 0 saturated heterocycles. The summed E-state index contributed by atoms with van der Waals surface area (Å²) in [7, 11) is 0. The molecule has 1 heterocycles. The van der Waals surface area contributed by atoms with Crippen LogP contribution in [0.2, 0.25) is 0 Å². The van der Waals surface area contributed by atoms with Crippen molar-refractivity contribution in [2.45, 2.75) is 11.3 Å². The quantitative estimate of drug-likeness (QED) is 0.224. The molecule has 0 saturated carbocycles. The van der Waals surface area contributed by atoms with Crippen molar-refractivity contribution < 1.29 is 9.59 Å². The second kappa shape index (κ2) is 11.2. The van der Waals surface area contributed by atoms with E-state index in [0.29, 0.717) is 17.2 Å². The van der Waals surface area contributed by atoms with Gasteiger partial charge in [0.05, 0.1) is 17.9 Å². The van der Waals surface area contributed by atoms with Crippen LogP contribution in [0, 0.1) is 0 Å². The number of thiazole rings is 1. The van der Waals surface area contributed by atoms with Crippen LogP contribution in [0.1, 0.15) is 5.56 Å². The predicted octanol–water partition coefficient (Wildman–Crippen LogP) is 6.88. The van der Waals surface area contributed by atoms with Gasteiger partial charge in [-0.3, -0.25) is 9.59 Å². The molecule has 0 aliphatic rings. The second-order valence-electron chi connectivity index (χ2n) is 8.18. The molecule has 4 aromatic carbocycles. The summed E-state index contributed by atoms with van der Waals surface area (Å²) < 4.78 is 0. The van der Waals surface area contributed by atoms with Crippen LogP contribution in [0.4, 0.5) is 10.8 Å². The maximum absolute atomic E-state index is 12.5. The fourth-order valence-electron chi connectivity index (χ4n) is 3.77. The highest BCUT2D eigenvalue weighted by Crippen LogP contribution is 2.28. The normalized spacial score (nSPS) is 10.8. The Morgan fingerprint density at radius 3 is 2.44 bits per heavy atom. The first-order valence-corrected chi connectivity index (χ1v) is 13.3. The summed E-state index contributed by atoms with van der Waals surface area (Å²) >= 11 is 2.82. The van der Waals surface area contributed by atoms with Gasteiger partial charge in [0.25, 0.3) is 0 Å². The lowest BCUT2D eigenvalue weighted by Crippen LogP contribution is -2.14. The molecular weight excluding hydrogens is 486 g/mol. The van der Waals surface area contributed by atoms with Gasteiger partial charge in [-0.2, -0.15) is 0 Å². The van der Waals surface area contributed by atoms with Crippen LogP contribution < -0.4 is 10.6 Å². The van der Waals surface area contributed by atoms with Crippen LogP contribution >= 0.6 is 23.1 Å². The standard InChI is InChI=1S/C29H23N3O2S2/c33-27(15-20-7-2-1-3-8-20)30-24-11-6-12-25(17-24)35-19-28(34)32-29-31-26(18-36-29)23-14-13-21-9-4-5-10-22(21)16-23/h1-14,16-18H,15,19H2,(H,30,33)(H,31,32,34). The first-order valence-electron chi connectivity index (χ1n) is 11.4. The van der Waals surface area contributed by atoms with E-state index in [1.807, 2.05) is 78.2 Å². The molecule has 5 aromatic rings. The molecule has 7 heteroatoms. The fraction of sp³-hybridized carbons (Fsp3) is 0.0690. The van der Waals surface area contributed by atoms with Gasteiger partial charge in [0.1, 0.15) is 0 Å². The molecule has 5 nitrogen and oxygen atoms in total. The minimum atomic E-state index is -0.127. The largest absolute Gasteiger partial charge is 0.326 e. The molecule has 0 aliphatic heterocycles. The molecule has 0 bridgehead atoms. The van der Waals surface area contributed by atoms with Crippen molar-refractivity contribution in [3.8, 4) is 11.3 Å². The third-order valence-corrected chi connectivity index (χ3v) is 7.24. The molecule has 0 radical (unpaired) electrons.